The molecule has 0 saturated heterocycles. The Morgan fingerprint density at radius 2 is 2.50 bits per heavy atom. The molecule has 8 nitrogen and oxygen atoms in total. The van der Waals surface area contributed by atoms with Gasteiger partial charge in [0, 0.05) is 4.91 Å². The summed E-state index contributed by atoms with van der Waals surface area (Å²) in [5.41, 5.74) is 14.8. The van der Waals surface area contributed by atoms with Gasteiger partial charge in [-0.25, -0.2) is 10.2 Å². The Hall–Kier alpha value is -2.47. The Morgan fingerprint density at radius 3 is 3.14 bits per heavy atom. The number of hydrazone groups is 1. The molecule has 0 atom stereocenters. The lowest BCUT2D eigenvalue weighted by molar-refractivity contribution is 0.249. The fourth-order valence-electron chi connectivity index (χ4n) is 0.669. The summed E-state index contributed by atoms with van der Waals surface area (Å²) < 4.78 is 4.94. The SMILES string of the molecule is [N-]=[N+]=Nc1ccc(/C=N/NC(N)=O)o1. The van der Waals surface area contributed by atoms with Crippen LogP contribution in [0.1, 0.15) is 5.76 Å². The number of rotatable bonds is 3. The number of nitrogens with two attached hydrogens (primary N) is 1. The molecule has 0 bridgehead atoms. The number of azide groups is 1. The second-order valence-electron chi connectivity index (χ2n) is 2.10. The lowest BCUT2D eigenvalue weighted by atomic mass is 10.5. The number of carbonyl (C=O) groups is 1. The minimum atomic E-state index is -0.775. The van der Waals surface area contributed by atoms with Crippen molar-refractivity contribution in [3.63, 3.8) is 0 Å². The first-order chi connectivity index (χ1) is 6.72. The van der Waals surface area contributed by atoms with Crippen molar-refractivity contribution in [3.8, 4) is 0 Å². The van der Waals surface area contributed by atoms with Crippen molar-refractivity contribution in [1.29, 1.82) is 0 Å². The van der Waals surface area contributed by atoms with E-state index in [9.17, 15) is 4.79 Å². The van der Waals surface area contributed by atoms with Gasteiger partial charge in [0.05, 0.1) is 6.21 Å². The zero-order valence-electron chi connectivity index (χ0n) is 6.91. The summed E-state index contributed by atoms with van der Waals surface area (Å²) in [6.07, 6.45) is 1.22. The van der Waals surface area contributed by atoms with Gasteiger partial charge in [-0.1, -0.05) is 0 Å². The Bertz CT molecular complexity index is 402. The molecule has 0 fully saturated rings. The van der Waals surface area contributed by atoms with Gasteiger partial charge in [-0.15, -0.1) is 0 Å². The molecule has 0 radical (unpaired) electrons. The number of carbonyl (C=O) groups excluding carboxylic acids is 1. The van der Waals surface area contributed by atoms with E-state index in [4.69, 9.17) is 15.7 Å². The Balaban J connectivity index is 2.63. The summed E-state index contributed by atoms with van der Waals surface area (Å²) in [5.74, 6) is 0.453. The molecule has 14 heavy (non-hydrogen) atoms. The van der Waals surface area contributed by atoms with Crippen molar-refractivity contribution in [2.24, 2.45) is 15.9 Å². The first-order valence-corrected chi connectivity index (χ1v) is 3.46. The first-order valence-electron chi connectivity index (χ1n) is 3.46. The van der Waals surface area contributed by atoms with Gasteiger partial charge in [0.1, 0.15) is 5.76 Å². The predicted molar refractivity (Wildman–Crippen MR) is 47.8 cm³/mol. The molecule has 0 saturated carbocycles. The molecule has 1 aromatic heterocycles. The van der Waals surface area contributed by atoms with Gasteiger partial charge in [0.2, 0.25) is 0 Å². The topological polar surface area (TPSA) is 129 Å². The minimum Gasteiger partial charge on any atom is -0.453 e. The van der Waals surface area contributed by atoms with Crippen molar-refractivity contribution in [2.75, 3.05) is 0 Å². The van der Waals surface area contributed by atoms with Gasteiger partial charge in [0.15, 0.2) is 5.88 Å². The third-order valence-electron chi connectivity index (χ3n) is 1.12. The second-order valence-corrected chi connectivity index (χ2v) is 2.10. The molecule has 0 aliphatic rings. The van der Waals surface area contributed by atoms with Crippen LogP contribution in [-0.4, -0.2) is 12.2 Å². The smallest absolute Gasteiger partial charge is 0.332 e. The second kappa shape index (κ2) is 4.53. The molecule has 0 unspecified atom stereocenters. The molecule has 8 heteroatoms. The van der Waals surface area contributed by atoms with E-state index in [-0.39, 0.29) is 5.88 Å². The molecule has 1 aromatic rings. The number of nitrogens with zero attached hydrogens (tertiary/aromatic N) is 4. The van der Waals surface area contributed by atoms with Gasteiger partial charge in [-0.05, 0) is 22.8 Å². The molecule has 1 heterocycles. The van der Waals surface area contributed by atoms with Crippen LogP contribution >= 0.6 is 0 Å². The highest BCUT2D eigenvalue weighted by molar-refractivity contribution is 5.79. The van der Waals surface area contributed by atoms with Gasteiger partial charge in [0.25, 0.3) is 0 Å². The minimum absolute atomic E-state index is 0.119. The van der Waals surface area contributed by atoms with E-state index in [1.54, 1.807) is 0 Å². The molecule has 2 amide bonds. The molecule has 72 valence electrons. The average molecular weight is 194 g/mol. The maximum atomic E-state index is 10.2. The third kappa shape index (κ3) is 2.88. The zero-order valence-corrected chi connectivity index (χ0v) is 6.91. The predicted octanol–water partition coefficient (Wildman–Crippen LogP) is 1.22. The molecule has 0 aliphatic heterocycles. The highest BCUT2D eigenvalue weighted by atomic mass is 16.4. The van der Waals surface area contributed by atoms with Crippen LogP contribution in [0.3, 0.4) is 0 Å². The summed E-state index contributed by atoms with van der Waals surface area (Å²) in [5, 5.41) is 6.65. The van der Waals surface area contributed by atoms with Gasteiger partial charge in [-0.2, -0.15) is 5.10 Å². The molecular weight excluding hydrogens is 188 g/mol. The molecule has 3 N–H and O–H groups in total. The summed E-state index contributed by atoms with van der Waals surface area (Å²) in [6, 6.07) is 2.21. The van der Waals surface area contributed by atoms with Gasteiger partial charge in [-0.3, -0.25) is 0 Å². The monoisotopic (exact) mass is 194 g/mol. The molecule has 0 aliphatic carbocycles. The van der Waals surface area contributed by atoms with E-state index in [0.717, 1.165) is 0 Å². The summed E-state index contributed by atoms with van der Waals surface area (Å²) in [7, 11) is 0. The van der Waals surface area contributed by atoms with E-state index in [1.807, 2.05) is 5.43 Å². The number of urea groups is 1. The first kappa shape index (κ1) is 9.62. The van der Waals surface area contributed by atoms with Crippen LogP contribution < -0.4 is 11.2 Å². The van der Waals surface area contributed by atoms with Crippen LogP contribution in [0.4, 0.5) is 10.7 Å². The Kier molecular flexibility index (Phi) is 3.11. The number of nitrogens with one attached hydrogen (secondary N) is 1. The maximum Gasteiger partial charge on any atom is 0.332 e. The number of hydrogen-bond donors (Lipinski definition) is 2. The van der Waals surface area contributed by atoms with E-state index in [1.165, 1.54) is 18.3 Å². The Labute approximate surface area is 78.0 Å². The average Bonchev–Trinajstić information content (AvgIpc) is 2.53. The molecular formula is C6H6N6O2. The fourth-order valence-corrected chi connectivity index (χ4v) is 0.669. The largest absolute Gasteiger partial charge is 0.453 e. The van der Waals surface area contributed by atoms with Gasteiger partial charge >= 0.3 is 6.03 Å². The van der Waals surface area contributed by atoms with E-state index < -0.39 is 6.03 Å². The van der Waals surface area contributed by atoms with Crippen LogP contribution in [0, 0.1) is 0 Å². The fraction of sp³-hybridized carbons (Fsp3) is 0. The summed E-state index contributed by atoms with van der Waals surface area (Å²) >= 11 is 0. The lowest BCUT2D eigenvalue weighted by Gasteiger charge is -1.88. The van der Waals surface area contributed by atoms with Crippen LogP contribution in [-0.2, 0) is 0 Å². The van der Waals surface area contributed by atoms with E-state index >= 15 is 0 Å². The van der Waals surface area contributed by atoms with Crippen LogP contribution in [0.2, 0.25) is 0 Å². The van der Waals surface area contributed by atoms with Crippen LogP contribution in [0.25, 0.3) is 10.4 Å². The van der Waals surface area contributed by atoms with Gasteiger partial charge < -0.3 is 10.2 Å². The highest BCUT2D eigenvalue weighted by Gasteiger charge is 1.96. The number of amides is 2. The summed E-state index contributed by atoms with van der Waals surface area (Å²) in [4.78, 5) is 12.7. The van der Waals surface area contributed by atoms with Crippen molar-refractivity contribution >= 4 is 18.1 Å². The molecule has 1 rings (SSSR count). The van der Waals surface area contributed by atoms with Crippen molar-refractivity contribution in [2.45, 2.75) is 0 Å². The van der Waals surface area contributed by atoms with E-state index in [0.29, 0.717) is 5.76 Å². The third-order valence-corrected chi connectivity index (χ3v) is 1.12. The normalized spacial score (nSPS) is 9.71. The molecule has 0 aromatic carbocycles. The standard InChI is InChI=1S/C6H6N6O2/c7-6(13)11-9-3-4-1-2-5(14-4)10-12-8/h1-3H,(H3,7,11,13)/b9-3+. The highest BCUT2D eigenvalue weighted by Crippen LogP contribution is 2.14. The molecule has 0 spiro atoms. The number of primary amides is 1. The number of hydrogen-bond acceptors (Lipinski definition) is 4. The van der Waals surface area contributed by atoms with Crippen LogP contribution in [0.5, 0.6) is 0 Å². The summed E-state index contributed by atoms with van der Waals surface area (Å²) in [6.45, 7) is 0. The van der Waals surface area contributed by atoms with Crippen molar-refractivity contribution in [3.05, 3.63) is 28.3 Å². The maximum absolute atomic E-state index is 10.2. The quantitative estimate of drug-likeness (QED) is 0.246. The zero-order chi connectivity index (χ0) is 10.4. The van der Waals surface area contributed by atoms with Crippen molar-refractivity contribution < 1.29 is 9.21 Å². The lowest BCUT2D eigenvalue weighted by Crippen LogP contribution is -2.24. The van der Waals surface area contributed by atoms with Crippen molar-refractivity contribution in [1.82, 2.24) is 5.43 Å². The number of furan rings is 1. The van der Waals surface area contributed by atoms with E-state index in [2.05, 4.69) is 15.1 Å². The Morgan fingerprint density at radius 1 is 1.71 bits per heavy atom. The van der Waals surface area contributed by atoms with Crippen LogP contribution in [0.15, 0.2) is 26.8 Å².